The van der Waals surface area contributed by atoms with Crippen LogP contribution < -0.4 is 11.2 Å². The van der Waals surface area contributed by atoms with Gasteiger partial charge in [0.15, 0.2) is 6.23 Å². The first-order valence-corrected chi connectivity index (χ1v) is 8.43. The maximum absolute atomic E-state index is 11.4. The Labute approximate surface area is 127 Å². The summed E-state index contributed by atoms with van der Waals surface area (Å²) in [5.74, 6) is 0. The number of aromatic nitrogens is 2. The molecule has 0 aliphatic carbocycles. The lowest BCUT2D eigenvalue weighted by Gasteiger charge is -2.16. The first kappa shape index (κ1) is 19.1. The highest BCUT2D eigenvalue weighted by atomic mass is 32.5. The van der Waals surface area contributed by atoms with Crippen molar-refractivity contribution in [1.29, 1.82) is 0 Å². The van der Waals surface area contributed by atoms with Gasteiger partial charge in [-0.3, -0.25) is 14.3 Å². The summed E-state index contributed by atoms with van der Waals surface area (Å²) in [7, 11) is 0. The number of rotatable bonds is 2. The van der Waals surface area contributed by atoms with Crippen LogP contribution in [0.3, 0.4) is 0 Å². The molecule has 0 spiro atoms. The van der Waals surface area contributed by atoms with Crippen molar-refractivity contribution >= 4 is 18.5 Å². The summed E-state index contributed by atoms with van der Waals surface area (Å²) >= 11 is 3.60. The van der Waals surface area contributed by atoms with E-state index in [9.17, 15) is 19.8 Å². The van der Waals surface area contributed by atoms with Gasteiger partial charge in [-0.1, -0.05) is 0 Å². The largest absolute Gasteiger partial charge is 0.394 e. The third kappa shape index (κ3) is 5.35. The minimum absolute atomic E-state index is 0.479. The Morgan fingerprint density at radius 3 is 2.23 bits per heavy atom. The van der Waals surface area contributed by atoms with Gasteiger partial charge in [-0.05, 0) is 11.8 Å². The van der Waals surface area contributed by atoms with Gasteiger partial charge in [0.2, 0.25) is 0 Å². The molecule has 1 aliphatic heterocycles. The normalized spacial score (nSPS) is 28.1. The van der Waals surface area contributed by atoms with E-state index < -0.39 is 49.1 Å². The molecule has 11 nitrogen and oxygen atoms in total. The fourth-order valence-corrected chi connectivity index (χ4v) is 1.74. The number of ether oxygens (including phenoxy) is 1. The second-order valence-electron chi connectivity index (χ2n) is 4.26. The van der Waals surface area contributed by atoms with Gasteiger partial charge in [0, 0.05) is 12.3 Å². The van der Waals surface area contributed by atoms with Crippen molar-refractivity contribution in [1.82, 2.24) is 9.55 Å². The smallest absolute Gasteiger partial charge is 0.330 e. The second kappa shape index (κ2) is 7.55. The topological polar surface area (TPSA) is 185 Å². The van der Waals surface area contributed by atoms with Gasteiger partial charge in [-0.15, -0.1) is 0 Å². The van der Waals surface area contributed by atoms with Crippen LogP contribution in [0.5, 0.6) is 0 Å². The average Bonchev–Trinajstić information content (AvgIpc) is 2.64. The zero-order valence-electron chi connectivity index (χ0n) is 10.9. The van der Waals surface area contributed by atoms with Crippen molar-refractivity contribution in [2.24, 2.45) is 0 Å². The van der Waals surface area contributed by atoms with E-state index in [4.69, 9.17) is 24.5 Å². The molecule has 1 aliphatic rings. The minimum atomic E-state index is -3.81. The van der Waals surface area contributed by atoms with Crippen LogP contribution in [0.15, 0.2) is 21.9 Å². The number of aliphatic hydroxyl groups excluding tert-OH is 3. The highest BCUT2D eigenvalue weighted by Gasteiger charge is 2.43. The summed E-state index contributed by atoms with van der Waals surface area (Å²) in [6, 6.07) is 1.09. The van der Waals surface area contributed by atoms with Crippen LogP contribution in [-0.4, -0.2) is 64.5 Å². The Kier molecular flexibility index (Phi) is 6.55. The molecule has 0 bridgehead atoms. The van der Waals surface area contributed by atoms with E-state index in [1.807, 2.05) is 4.98 Å². The number of hydrogen-bond acceptors (Lipinski definition) is 7. The number of H-pyrrole nitrogens is 1. The zero-order chi connectivity index (χ0) is 17.1. The van der Waals surface area contributed by atoms with Crippen LogP contribution in [-0.2, 0) is 16.5 Å². The molecule has 0 amide bonds. The van der Waals surface area contributed by atoms with Crippen LogP contribution in [0, 0.1) is 0 Å². The quantitative estimate of drug-likeness (QED) is 0.260. The van der Waals surface area contributed by atoms with Crippen molar-refractivity contribution in [3.63, 3.8) is 0 Å². The number of nitrogens with one attached hydrogen (secondary N) is 1. The second-order valence-corrected chi connectivity index (χ2v) is 6.76. The predicted octanol–water partition coefficient (Wildman–Crippen LogP) is -3.66. The van der Waals surface area contributed by atoms with E-state index in [1.165, 1.54) is 0 Å². The molecule has 1 aromatic heterocycles. The molecule has 126 valence electrons. The Hall–Kier alpha value is -0.950. The van der Waals surface area contributed by atoms with Crippen LogP contribution in [0.1, 0.15) is 6.23 Å². The summed E-state index contributed by atoms with van der Waals surface area (Å²) in [5.41, 5.74) is -1.33. The maximum Gasteiger partial charge on any atom is 0.330 e. The van der Waals surface area contributed by atoms with E-state index in [2.05, 4.69) is 11.8 Å². The number of nitrogens with zero attached hydrogens (tertiary/aromatic N) is 1. The molecule has 4 atom stereocenters. The highest BCUT2D eigenvalue weighted by Crippen LogP contribution is 2.27. The van der Waals surface area contributed by atoms with E-state index in [0.717, 1.165) is 16.8 Å². The fourth-order valence-electron chi connectivity index (χ4n) is 1.74. The molecular formula is C9H15N2O9PS. The predicted molar refractivity (Wildman–Crippen MR) is 75.3 cm³/mol. The SMILES string of the molecule is O=c1ccn([C@@H]2O[C@H](CO)[C@@H](O)[C@H]2O)c(=O)[nH]1.OP(O)(O)=S. The van der Waals surface area contributed by atoms with Gasteiger partial charge >= 0.3 is 12.4 Å². The van der Waals surface area contributed by atoms with Crippen molar-refractivity contribution in [2.45, 2.75) is 24.5 Å². The Morgan fingerprint density at radius 2 is 1.82 bits per heavy atom. The number of hydrogen-bond donors (Lipinski definition) is 7. The molecule has 0 aromatic carbocycles. The maximum atomic E-state index is 11.4. The Bertz CT molecular complexity index is 647. The zero-order valence-corrected chi connectivity index (χ0v) is 12.6. The molecule has 1 aromatic rings. The standard InChI is InChI=1S/C9H12N2O6.H3O3PS/c12-3-4-6(14)7(15)8(17-4)11-2-1-5(13)10-9(11)16;1-4(2,3)5/h1-2,4,6-8,12,14-15H,3H2,(H,10,13,16);(H3,1,2,3,5)/t4-,6-,7-,8-;/m1./s1. The number of aromatic amines is 1. The van der Waals surface area contributed by atoms with E-state index >= 15 is 0 Å². The Morgan fingerprint density at radius 1 is 1.27 bits per heavy atom. The summed E-state index contributed by atoms with van der Waals surface area (Å²) < 4.78 is 6.08. The molecule has 7 N–H and O–H groups in total. The first-order chi connectivity index (χ1) is 10.0. The van der Waals surface area contributed by atoms with Gasteiger partial charge in [0.25, 0.3) is 5.56 Å². The van der Waals surface area contributed by atoms with E-state index in [0.29, 0.717) is 0 Å². The lowest BCUT2D eigenvalue weighted by atomic mass is 10.1. The molecule has 0 radical (unpaired) electrons. The van der Waals surface area contributed by atoms with Gasteiger partial charge in [0.05, 0.1) is 6.61 Å². The number of aliphatic hydroxyl groups is 3. The van der Waals surface area contributed by atoms with Crippen molar-refractivity contribution < 1.29 is 34.7 Å². The summed E-state index contributed by atoms with van der Waals surface area (Å²) in [6.45, 7) is -4.28. The molecule has 1 fully saturated rings. The van der Waals surface area contributed by atoms with Crippen molar-refractivity contribution in [2.75, 3.05) is 6.61 Å². The molecule has 22 heavy (non-hydrogen) atoms. The third-order valence-electron chi connectivity index (χ3n) is 2.64. The molecular weight excluding hydrogens is 343 g/mol. The molecule has 2 rings (SSSR count). The van der Waals surface area contributed by atoms with Gasteiger partial charge < -0.3 is 34.7 Å². The first-order valence-electron chi connectivity index (χ1n) is 5.77. The van der Waals surface area contributed by atoms with Crippen molar-refractivity contribution in [3.05, 3.63) is 33.1 Å². The molecule has 2 heterocycles. The van der Waals surface area contributed by atoms with Gasteiger partial charge in [0.1, 0.15) is 18.3 Å². The lowest BCUT2D eigenvalue weighted by Crippen LogP contribution is -2.37. The van der Waals surface area contributed by atoms with Crippen LogP contribution in [0.25, 0.3) is 0 Å². The van der Waals surface area contributed by atoms with Crippen LogP contribution in [0.4, 0.5) is 0 Å². The van der Waals surface area contributed by atoms with E-state index in [1.54, 1.807) is 0 Å². The van der Waals surface area contributed by atoms with Gasteiger partial charge in [-0.25, -0.2) is 4.79 Å². The summed E-state index contributed by atoms with van der Waals surface area (Å²) in [5, 5.41) is 28.1. The fraction of sp³-hybridized carbons (Fsp3) is 0.556. The molecule has 0 saturated carbocycles. The monoisotopic (exact) mass is 358 g/mol. The van der Waals surface area contributed by atoms with E-state index in [-0.39, 0.29) is 0 Å². The highest BCUT2D eigenvalue weighted by molar-refractivity contribution is 8.06. The summed E-state index contributed by atoms with van der Waals surface area (Å²) in [4.78, 5) is 47.0. The van der Waals surface area contributed by atoms with Crippen LogP contribution >= 0.6 is 6.72 Å². The molecule has 1 saturated heterocycles. The third-order valence-corrected chi connectivity index (χ3v) is 2.64. The minimum Gasteiger partial charge on any atom is -0.394 e. The molecule has 0 unspecified atom stereocenters. The summed E-state index contributed by atoms with van der Waals surface area (Å²) in [6.07, 6.45) is -3.58. The molecule has 13 heteroatoms. The lowest BCUT2D eigenvalue weighted by molar-refractivity contribution is -0.0550. The average molecular weight is 358 g/mol. The van der Waals surface area contributed by atoms with Crippen molar-refractivity contribution in [3.8, 4) is 0 Å². The van der Waals surface area contributed by atoms with Gasteiger partial charge in [-0.2, -0.15) is 0 Å². The van der Waals surface area contributed by atoms with Crippen LogP contribution in [0.2, 0.25) is 0 Å². The Balaban J connectivity index is 0.000000422.